The van der Waals surface area contributed by atoms with Crippen LogP contribution in [0.15, 0.2) is 54.6 Å². The van der Waals surface area contributed by atoms with Gasteiger partial charge >= 0.3 is 11.9 Å². The largest absolute Gasteiger partial charge is 0.507 e. The van der Waals surface area contributed by atoms with Gasteiger partial charge in [0, 0.05) is 22.8 Å². The summed E-state index contributed by atoms with van der Waals surface area (Å²) >= 11 is 0. The van der Waals surface area contributed by atoms with Crippen molar-refractivity contribution in [3.63, 3.8) is 0 Å². The van der Waals surface area contributed by atoms with Gasteiger partial charge in [0.05, 0.1) is 22.2 Å². The number of nitrogen functional groups attached to an aromatic ring is 1. The Balaban J connectivity index is 2.04. The average molecular weight is 476 g/mol. The Kier molecular flexibility index (Phi) is 5.67. The summed E-state index contributed by atoms with van der Waals surface area (Å²) < 4.78 is 14.0. The average Bonchev–Trinajstić information content (AvgIpc) is 3.22. The number of halogens is 1. The number of nitrogens with zero attached hydrogens (tertiary/aromatic N) is 1. The van der Waals surface area contributed by atoms with Crippen LogP contribution >= 0.6 is 0 Å². The molecule has 4 rings (SSSR count). The first-order valence-corrected chi connectivity index (χ1v) is 9.94. The molecule has 0 amide bonds. The van der Waals surface area contributed by atoms with E-state index in [0.29, 0.717) is 22.7 Å². The lowest BCUT2D eigenvalue weighted by atomic mass is 9.93. The van der Waals surface area contributed by atoms with Crippen molar-refractivity contribution >= 4 is 34.4 Å². The molecule has 0 radical (unpaired) electrons. The number of hydrogen-bond acceptors (Lipinski definition) is 6. The molecule has 0 saturated carbocycles. The fraction of sp³-hybridized carbons (Fsp3) is 0. The second kappa shape index (κ2) is 8.63. The van der Waals surface area contributed by atoms with Crippen LogP contribution in [0.4, 0.5) is 4.39 Å². The summed E-state index contributed by atoms with van der Waals surface area (Å²) in [4.78, 5) is 30.4. The van der Waals surface area contributed by atoms with Gasteiger partial charge in [-0.1, -0.05) is 0 Å². The van der Waals surface area contributed by atoms with Crippen LogP contribution < -0.4 is 5.73 Å². The van der Waals surface area contributed by atoms with Gasteiger partial charge in [-0.25, -0.2) is 19.0 Å². The number of benzene rings is 3. The van der Waals surface area contributed by atoms with Crippen molar-refractivity contribution in [3.05, 3.63) is 71.6 Å². The highest BCUT2D eigenvalue weighted by Crippen LogP contribution is 2.43. The summed E-state index contributed by atoms with van der Waals surface area (Å²) in [6, 6.07) is 10.1. The summed E-state index contributed by atoms with van der Waals surface area (Å²) in [6.45, 7) is 0. The van der Waals surface area contributed by atoms with Crippen molar-refractivity contribution in [1.82, 2.24) is 9.97 Å². The van der Waals surface area contributed by atoms with Crippen LogP contribution in [0.25, 0.3) is 39.1 Å². The highest BCUT2D eigenvalue weighted by atomic mass is 19.1. The molecular weight excluding hydrogens is 459 g/mol. The van der Waals surface area contributed by atoms with E-state index in [4.69, 9.17) is 16.2 Å². The first-order valence-electron chi connectivity index (χ1n) is 9.94. The monoisotopic (exact) mass is 476 g/mol. The molecule has 4 aromatic rings. The van der Waals surface area contributed by atoms with E-state index in [9.17, 15) is 29.3 Å². The number of aromatic nitrogens is 2. The molecule has 1 aromatic heterocycles. The number of nitrogens with two attached hydrogens (primary N) is 1. The van der Waals surface area contributed by atoms with E-state index >= 15 is 0 Å². The maximum atomic E-state index is 14.0. The van der Waals surface area contributed by atoms with Crippen LogP contribution in [0.5, 0.6) is 11.5 Å². The van der Waals surface area contributed by atoms with E-state index in [1.54, 1.807) is 12.1 Å². The van der Waals surface area contributed by atoms with Crippen LogP contribution in [0.1, 0.15) is 11.1 Å². The van der Waals surface area contributed by atoms with Crippen LogP contribution in [0, 0.1) is 11.2 Å². The molecule has 0 aliphatic heterocycles. The lowest BCUT2D eigenvalue weighted by Gasteiger charge is -2.14. The first kappa shape index (κ1) is 23.0. The zero-order chi connectivity index (χ0) is 25.4. The number of aliphatic carboxylic acids is 2. The predicted molar refractivity (Wildman–Crippen MR) is 125 cm³/mol. The molecule has 0 spiro atoms. The summed E-state index contributed by atoms with van der Waals surface area (Å²) in [6.07, 6.45) is 0.478. The summed E-state index contributed by atoms with van der Waals surface area (Å²) in [5.74, 6) is -4.81. The van der Waals surface area contributed by atoms with Gasteiger partial charge in [-0.2, -0.15) is 0 Å². The number of H-pyrrole nitrogens is 1. The normalized spacial score (nSPS) is 11.5. The molecular formula is C24H17FN4O6. The molecule has 10 nitrogen and oxygen atoms in total. The number of rotatable bonds is 6. The van der Waals surface area contributed by atoms with Crippen molar-refractivity contribution in [2.24, 2.45) is 5.73 Å². The van der Waals surface area contributed by atoms with E-state index in [1.807, 2.05) is 0 Å². The van der Waals surface area contributed by atoms with Gasteiger partial charge in [0.25, 0.3) is 0 Å². The Morgan fingerprint density at radius 1 is 0.971 bits per heavy atom. The second-order valence-corrected chi connectivity index (χ2v) is 7.51. The first-order chi connectivity index (χ1) is 16.5. The van der Waals surface area contributed by atoms with E-state index in [0.717, 1.165) is 24.3 Å². The van der Waals surface area contributed by atoms with Crippen molar-refractivity contribution < 1.29 is 34.4 Å². The number of carboxylic acids is 2. The zero-order valence-electron chi connectivity index (χ0n) is 17.7. The maximum Gasteiger partial charge on any atom is 0.336 e. The molecule has 3 aromatic carbocycles. The smallest absolute Gasteiger partial charge is 0.336 e. The van der Waals surface area contributed by atoms with E-state index in [2.05, 4.69) is 9.97 Å². The second-order valence-electron chi connectivity index (χ2n) is 7.51. The third-order valence-corrected chi connectivity index (χ3v) is 5.22. The van der Waals surface area contributed by atoms with Crippen LogP contribution in [-0.2, 0) is 9.59 Å². The number of hydrogen-bond donors (Lipinski definition) is 7. The highest BCUT2D eigenvalue weighted by molar-refractivity contribution is 6.20. The molecule has 0 fully saturated rings. The number of fused-ring (bicyclic) bond motifs is 1. The summed E-state index contributed by atoms with van der Waals surface area (Å²) in [5, 5.41) is 47.7. The predicted octanol–water partition coefficient (Wildman–Crippen LogP) is 3.28. The molecule has 35 heavy (non-hydrogen) atoms. The van der Waals surface area contributed by atoms with Crippen LogP contribution in [-0.4, -0.2) is 48.2 Å². The molecule has 1 heterocycles. The summed E-state index contributed by atoms with van der Waals surface area (Å²) in [5.41, 5.74) is 5.69. The molecule has 176 valence electrons. The van der Waals surface area contributed by atoms with Crippen molar-refractivity contribution in [3.8, 4) is 34.0 Å². The molecule has 0 bridgehead atoms. The Hall–Kier alpha value is -5.19. The number of phenols is 2. The Morgan fingerprint density at radius 3 is 2.34 bits per heavy atom. The van der Waals surface area contributed by atoms with Crippen molar-refractivity contribution in [1.29, 1.82) is 5.41 Å². The van der Waals surface area contributed by atoms with Gasteiger partial charge in [-0.15, -0.1) is 0 Å². The summed E-state index contributed by atoms with van der Waals surface area (Å²) in [7, 11) is 0. The standard InChI is InChI=1S/C24H17FN4O6/c25-12-2-4-19(30)14(8-12)15-5-11(13(24(34)35)9-20(31)32)6-16(21(15)33)23-28-17-3-1-10(22(26)27)7-18(17)29-23/h1-9,30,33H,(H3,26,27)(H,28,29)(H,31,32)(H,34,35)/b13-9-. The molecule has 0 unspecified atom stereocenters. The van der Waals surface area contributed by atoms with Crippen LogP contribution in [0.3, 0.4) is 0 Å². The van der Waals surface area contributed by atoms with Crippen LogP contribution in [0.2, 0.25) is 0 Å². The molecule has 0 atom stereocenters. The van der Waals surface area contributed by atoms with E-state index < -0.39 is 34.8 Å². The number of phenolic OH excluding ortho intramolecular Hbond substituents is 2. The lowest BCUT2D eigenvalue weighted by molar-refractivity contribution is -0.133. The van der Waals surface area contributed by atoms with Crippen molar-refractivity contribution in [2.75, 3.05) is 0 Å². The van der Waals surface area contributed by atoms with Crippen molar-refractivity contribution in [2.45, 2.75) is 0 Å². The molecule has 11 heteroatoms. The molecule has 0 aliphatic carbocycles. The van der Waals surface area contributed by atoms with Gasteiger partial charge in [0.2, 0.25) is 0 Å². The third-order valence-electron chi connectivity index (χ3n) is 5.22. The number of aromatic amines is 1. The minimum absolute atomic E-state index is 0.0423. The fourth-order valence-electron chi connectivity index (χ4n) is 3.59. The van der Waals surface area contributed by atoms with Gasteiger partial charge in [-0.05, 0) is 54.1 Å². The molecule has 0 aliphatic rings. The molecule has 8 N–H and O–H groups in total. The number of aromatic hydroxyl groups is 2. The number of carbonyl (C=O) groups is 2. The maximum absolute atomic E-state index is 14.0. The topological polar surface area (TPSA) is 194 Å². The minimum atomic E-state index is -1.56. The van der Waals surface area contributed by atoms with Gasteiger partial charge in [-0.3, -0.25) is 5.41 Å². The SMILES string of the molecule is N=C(N)c1ccc2[nH]c(-c3cc(/C(=C/C(=O)O)C(=O)O)cc(-c4cc(F)ccc4O)c3O)nc2c1. The van der Waals surface area contributed by atoms with Gasteiger partial charge < -0.3 is 31.1 Å². The minimum Gasteiger partial charge on any atom is -0.507 e. The number of nitrogens with one attached hydrogen (secondary N) is 2. The lowest BCUT2D eigenvalue weighted by Crippen LogP contribution is -2.10. The highest BCUT2D eigenvalue weighted by Gasteiger charge is 2.22. The van der Waals surface area contributed by atoms with E-state index in [1.165, 1.54) is 12.1 Å². The third kappa shape index (κ3) is 4.37. The quantitative estimate of drug-likeness (QED) is 0.125. The Morgan fingerprint density at radius 2 is 1.69 bits per heavy atom. The number of carboxylic acid groups (broad SMARTS) is 2. The van der Waals surface area contributed by atoms with Gasteiger partial charge in [0.15, 0.2) is 0 Å². The fourth-order valence-corrected chi connectivity index (χ4v) is 3.59. The van der Waals surface area contributed by atoms with Gasteiger partial charge in [0.1, 0.15) is 29.0 Å². The zero-order valence-corrected chi connectivity index (χ0v) is 17.7. The Labute approximate surface area is 195 Å². The molecule has 0 saturated heterocycles. The number of amidine groups is 1. The Bertz CT molecular complexity index is 1570. The van der Waals surface area contributed by atoms with E-state index in [-0.39, 0.29) is 33.9 Å². The number of imidazole rings is 1.